The molecule has 3 heteroatoms. The van der Waals surface area contributed by atoms with E-state index in [1.165, 1.54) is 38.5 Å². The van der Waals surface area contributed by atoms with Crippen LogP contribution < -0.4 is 5.32 Å². The molecule has 0 saturated heterocycles. The molecule has 0 spiro atoms. The minimum absolute atomic E-state index is 0.0408. The highest BCUT2D eigenvalue weighted by molar-refractivity contribution is 6.07. The number of hydrogen-bond donors (Lipinski definition) is 1. The zero-order valence-electron chi connectivity index (χ0n) is 18.2. The van der Waals surface area contributed by atoms with E-state index in [-0.39, 0.29) is 11.9 Å². The molecule has 1 N–H and O–H groups in total. The summed E-state index contributed by atoms with van der Waals surface area (Å²) in [6.45, 7) is 2.26. The molecule has 4 aliphatic carbocycles. The monoisotopic (exact) mass is 410 g/mol. The fourth-order valence-corrected chi connectivity index (χ4v) is 7.26. The number of rotatable bonds is 4. The fraction of sp³-hybridized carbons (Fsp3) is 0.429. The predicted octanol–water partition coefficient (Wildman–Crippen LogP) is 6.24. The van der Waals surface area contributed by atoms with E-state index in [1.54, 1.807) is 0 Å². The molecule has 158 valence electrons. The van der Waals surface area contributed by atoms with Gasteiger partial charge in [-0.1, -0.05) is 48.5 Å². The third-order valence-corrected chi connectivity index (χ3v) is 8.38. The first-order chi connectivity index (χ1) is 15.1. The maximum Gasteiger partial charge on any atom is 0.252 e. The maximum atomic E-state index is 13.6. The number of hydrogen-bond acceptors (Lipinski definition) is 2. The van der Waals surface area contributed by atoms with Crippen molar-refractivity contribution in [3.05, 3.63) is 66.2 Å². The highest BCUT2D eigenvalue weighted by atomic mass is 16.1. The minimum Gasteiger partial charge on any atom is -0.349 e. The number of carbonyl (C=O) groups is 1. The average Bonchev–Trinajstić information content (AvgIpc) is 2.78. The normalized spacial score (nSPS) is 29.8. The van der Waals surface area contributed by atoms with Crippen LogP contribution in [-0.2, 0) is 0 Å². The summed E-state index contributed by atoms with van der Waals surface area (Å²) >= 11 is 0. The number of benzene rings is 2. The Morgan fingerprint density at radius 2 is 1.55 bits per heavy atom. The highest BCUT2D eigenvalue weighted by Crippen LogP contribution is 2.61. The van der Waals surface area contributed by atoms with Crippen LogP contribution in [0.2, 0.25) is 0 Å². The molecule has 3 nitrogen and oxygen atoms in total. The molecule has 1 atom stereocenters. The van der Waals surface area contributed by atoms with Crippen LogP contribution in [0.5, 0.6) is 0 Å². The van der Waals surface area contributed by atoms with Gasteiger partial charge in [0.2, 0.25) is 0 Å². The topological polar surface area (TPSA) is 42.0 Å². The van der Waals surface area contributed by atoms with Gasteiger partial charge in [-0.25, -0.2) is 4.98 Å². The van der Waals surface area contributed by atoms with Crippen molar-refractivity contribution >= 4 is 16.8 Å². The van der Waals surface area contributed by atoms with Crippen LogP contribution in [0.15, 0.2) is 60.7 Å². The van der Waals surface area contributed by atoms with Crippen molar-refractivity contribution in [1.82, 2.24) is 10.3 Å². The van der Waals surface area contributed by atoms with E-state index in [1.807, 2.05) is 48.5 Å². The summed E-state index contributed by atoms with van der Waals surface area (Å²) in [6, 6.07) is 20.3. The molecule has 4 fully saturated rings. The van der Waals surface area contributed by atoms with E-state index in [0.717, 1.165) is 45.5 Å². The molecule has 7 rings (SSSR count). The summed E-state index contributed by atoms with van der Waals surface area (Å²) in [6.07, 6.45) is 8.17. The molecule has 0 aliphatic heterocycles. The van der Waals surface area contributed by atoms with Crippen molar-refractivity contribution in [1.29, 1.82) is 0 Å². The van der Waals surface area contributed by atoms with Crippen LogP contribution in [-0.4, -0.2) is 16.9 Å². The molecule has 0 unspecified atom stereocenters. The van der Waals surface area contributed by atoms with Gasteiger partial charge < -0.3 is 5.32 Å². The van der Waals surface area contributed by atoms with E-state index in [2.05, 4.69) is 24.4 Å². The molecule has 4 bridgehead atoms. The van der Waals surface area contributed by atoms with Gasteiger partial charge in [-0.05, 0) is 80.8 Å². The molecular weight excluding hydrogens is 380 g/mol. The van der Waals surface area contributed by atoms with Crippen LogP contribution in [0.4, 0.5) is 0 Å². The van der Waals surface area contributed by atoms with Gasteiger partial charge in [0.25, 0.3) is 5.91 Å². The Hall–Kier alpha value is -2.68. The Morgan fingerprint density at radius 1 is 0.935 bits per heavy atom. The average molecular weight is 411 g/mol. The fourth-order valence-electron chi connectivity index (χ4n) is 7.26. The first-order valence-corrected chi connectivity index (χ1v) is 11.9. The molecule has 3 aromatic rings. The molecule has 2 aromatic carbocycles. The van der Waals surface area contributed by atoms with Crippen LogP contribution >= 0.6 is 0 Å². The number of amides is 1. The number of nitrogens with zero attached hydrogens (tertiary/aromatic N) is 1. The standard InChI is InChI=1S/C28H30N2O/c1-18(28-15-19-11-20(16-28)13-21(12-19)17-28)29-27(31)24-14-26(22-7-3-2-4-8-22)30-25-10-6-5-9-23(24)25/h2-10,14,18-21H,11-13,15-17H2,1H3,(H,29,31)/t18-,19?,20?,21?,28?/m0/s1. The zero-order valence-corrected chi connectivity index (χ0v) is 18.2. The summed E-state index contributed by atoms with van der Waals surface area (Å²) in [5, 5.41) is 4.39. The Morgan fingerprint density at radius 3 is 2.23 bits per heavy atom. The summed E-state index contributed by atoms with van der Waals surface area (Å²) in [5.74, 6) is 2.70. The maximum absolute atomic E-state index is 13.6. The largest absolute Gasteiger partial charge is 0.349 e. The smallest absolute Gasteiger partial charge is 0.252 e. The van der Waals surface area contributed by atoms with E-state index >= 15 is 0 Å². The van der Waals surface area contributed by atoms with Gasteiger partial charge in [0.05, 0.1) is 16.8 Å². The second-order valence-electron chi connectivity index (χ2n) is 10.4. The van der Waals surface area contributed by atoms with Crippen molar-refractivity contribution < 1.29 is 4.79 Å². The first kappa shape index (κ1) is 19.0. The van der Waals surface area contributed by atoms with E-state index in [9.17, 15) is 4.79 Å². The van der Waals surface area contributed by atoms with Crippen molar-refractivity contribution in [3.8, 4) is 11.3 Å². The van der Waals surface area contributed by atoms with Gasteiger partial charge in [-0.15, -0.1) is 0 Å². The third kappa shape index (κ3) is 3.26. The van der Waals surface area contributed by atoms with Crippen molar-refractivity contribution in [3.63, 3.8) is 0 Å². The quantitative estimate of drug-likeness (QED) is 0.553. The summed E-state index contributed by atoms with van der Waals surface area (Å²) in [4.78, 5) is 18.4. The summed E-state index contributed by atoms with van der Waals surface area (Å²) < 4.78 is 0. The number of nitrogens with one attached hydrogen (secondary N) is 1. The third-order valence-electron chi connectivity index (χ3n) is 8.38. The zero-order chi connectivity index (χ0) is 21.0. The molecule has 4 saturated carbocycles. The van der Waals surface area contributed by atoms with Gasteiger partial charge in [0.1, 0.15) is 0 Å². The van der Waals surface area contributed by atoms with Gasteiger partial charge in [0.15, 0.2) is 0 Å². The predicted molar refractivity (Wildman–Crippen MR) is 125 cm³/mol. The number of carbonyl (C=O) groups excluding carboxylic acids is 1. The SMILES string of the molecule is C[C@H](NC(=O)c1cc(-c2ccccc2)nc2ccccc12)C12CC3CC(CC(C3)C1)C2. The number of pyridine rings is 1. The number of fused-ring (bicyclic) bond motifs is 1. The molecule has 1 heterocycles. The van der Waals surface area contributed by atoms with Gasteiger partial charge in [0, 0.05) is 17.0 Å². The molecular formula is C28H30N2O. The molecule has 31 heavy (non-hydrogen) atoms. The van der Waals surface area contributed by atoms with Crippen molar-refractivity contribution in [2.75, 3.05) is 0 Å². The van der Waals surface area contributed by atoms with E-state index < -0.39 is 0 Å². The van der Waals surface area contributed by atoms with E-state index in [4.69, 9.17) is 4.98 Å². The lowest BCUT2D eigenvalue weighted by atomic mass is 9.48. The van der Waals surface area contributed by atoms with E-state index in [0.29, 0.717) is 5.41 Å². The molecule has 0 radical (unpaired) electrons. The van der Waals surface area contributed by atoms with Gasteiger partial charge >= 0.3 is 0 Å². The number of para-hydroxylation sites is 1. The van der Waals surface area contributed by atoms with Crippen LogP contribution in [0, 0.1) is 23.2 Å². The Kier molecular flexibility index (Phi) is 4.41. The van der Waals surface area contributed by atoms with Crippen LogP contribution in [0.1, 0.15) is 55.8 Å². The van der Waals surface area contributed by atoms with Crippen LogP contribution in [0.25, 0.3) is 22.2 Å². The van der Waals surface area contributed by atoms with Gasteiger partial charge in [-0.3, -0.25) is 4.79 Å². The van der Waals surface area contributed by atoms with Crippen LogP contribution in [0.3, 0.4) is 0 Å². The lowest BCUT2D eigenvalue weighted by Gasteiger charge is -2.59. The highest BCUT2D eigenvalue weighted by Gasteiger charge is 2.53. The Bertz CT molecular complexity index is 1100. The lowest BCUT2D eigenvalue weighted by Crippen LogP contribution is -2.55. The second kappa shape index (κ2) is 7.19. The summed E-state index contributed by atoms with van der Waals surface area (Å²) in [5.41, 5.74) is 3.80. The van der Waals surface area contributed by atoms with Gasteiger partial charge in [-0.2, -0.15) is 0 Å². The lowest BCUT2D eigenvalue weighted by molar-refractivity contribution is -0.0687. The van der Waals surface area contributed by atoms with Crippen molar-refractivity contribution in [2.45, 2.75) is 51.5 Å². The Balaban J connectivity index is 1.34. The second-order valence-corrected chi connectivity index (χ2v) is 10.4. The summed E-state index contributed by atoms with van der Waals surface area (Å²) in [7, 11) is 0. The first-order valence-electron chi connectivity index (χ1n) is 11.9. The molecule has 1 amide bonds. The molecule has 1 aromatic heterocycles. The Labute approximate surface area is 184 Å². The van der Waals surface area contributed by atoms with Crippen molar-refractivity contribution in [2.24, 2.45) is 23.2 Å². The molecule has 4 aliphatic rings. The number of aromatic nitrogens is 1. The minimum atomic E-state index is 0.0408.